The van der Waals surface area contributed by atoms with E-state index >= 15 is 0 Å². The Bertz CT molecular complexity index is 1080. The Labute approximate surface area is 180 Å². The number of morpholine rings is 1. The molecule has 0 spiro atoms. The molecule has 3 fully saturated rings. The van der Waals surface area contributed by atoms with E-state index in [4.69, 9.17) is 9.15 Å². The maximum Gasteiger partial charge on any atom is 0.276 e. The van der Waals surface area contributed by atoms with Crippen LogP contribution in [0.15, 0.2) is 27.7 Å². The summed E-state index contributed by atoms with van der Waals surface area (Å²) in [6.07, 6.45) is 4.45. The Kier molecular flexibility index (Phi) is 4.54. The number of aryl methyl sites for hydroxylation is 1. The standard InChI is InChI=1S/C23H28N4O4/c1-2-20-21(24-13-31-20)23(29)26-7-14-5-16(10-26)19-4-3-15(22(28)27(19)8-14)9-25-11-18-6-17(25)12-30-18/h3-4,13-14,16-18H,2,5-12H2,1H3/t14-,16+,17+,18+/m0/s1. The van der Waals surface area contributed by atoms with Crippen LogP contribution in [0.3, 0.4) is 0 Å². The smallest absolute Gasteiger partial charge is 0.276 e. The van der Waals surface area contributed by atoms with Crippen LogP contribution in [0.2, 0.25) is 0 Å². The van der Waals surface area contributed by atoms with Gasteiger partial charge in [0.1, 0.15) is 5.76 Å². The Morgan fingerprint density at radius 2 is 2.10 bits per heavy atom. The van der Waals surface area contributed by atoms with Gasteiger partial charge in [-0.1, -0.05) is 13.0 Å². The predicted molar refractivity (Wildman–Crippen MR) is 112 cm³/mol. The fourth-order valence-electron chi connectivity index (χ4n) is 6.01. The van der Waals surface area contributed by atoms with Crippen molar-refractivity contribution in [2.24, 2.45) is 5.92 Å². The van der Waals surface area contributed by atoms with Crippen LogP contribution in [0.25, 0.3) is 0 Å². The Morgan fingerprint density at radius 3 is 2.87 bits per heavy atom. The Morgan fingerprint density at radius 1 is 1.19 bits per heavy atom. The lowest BCUT2D eigenvalue weighted by Crippen LogP contribution is -2.50. The zero-order valence-electron chi connectivity index (χ0n) is 17.8. The number of likely N-dealkylation sites (tertiary alicyclic amines) is 2. The third-order valence-corrected chi connectivity index (χ3v) is 7.52. The number of aromatic nitrogens is 2. The number of hydrogen-bond acceptors (Lipinski definition) is 6. The first-order valence-corrected chi connectivity index (χ1v) is 11.4. The van der Waals surface area contributed by atoms with Crippen molar-refractivity contribution in [1.29, 1.82) is 0 Å². The van der Waals surface area contributed by atoms with E-state index in [1.54, 1.807) is 0 Å². The largest absolute Gasteiger partial charge is 0.448 e. The number of piperidine rings is 1. The summed E-state index contributed by atoms with van der Waals surface area (Å²) in [7, 11) is 0. The third kappa shape index (κ3) is 3.15. The number of hydrogen-bond donors (Lipinski definition) is 0. The summed E-state index contributed by atoms with van der Waals surface area (Å²) in [5.74, 6) is 1.06. The van der Waals surface area contributed by atoms with Crippen LogP contribution < -0.4 is 5.56 Å². The topological polar surface area (TPSA) is 80.8 Å². The molecule has 4 aliphatic heterocycles. The molecule has 2 aromatic rings. The zero-order chi connectivity index (χ0) is 21.1. The molecule has 8 heteroatoms. The number of nitrogens with zero attached hydrogens (tertiary/aromatic N) is 4. The molecular weight excluding hydrogens is 396 g/mol. The number of amides is 1. The van der Waals surface area contributed by atoms with Crippen LogP contribution in [-0.4, -0.2) is 63.6 Å². The van der Waals surface area contributed by atoms with Gasteiger partial charge in [-0.15, -0.1) is 0 Å². The first kappa shape index (κ1) is 19.3. The van der Waals surface area contributed by atoms with E-state index in [9.17, 15) is 9.59 Å². The molecule has 0 aromatic carbocycles. The molecule has 4 atom stereocenters. The number of pyridine rings is 1. The van der Waals surface area contributed by atoms with Crippen molar-refractivity contribution in [3.8, 4) is 0 Å². The number of ether oxygens (including phenoxy) is 1. The van der Waals surface area contributed by atoms with E-state index in [-0.39, 0.29) is 23.3 Å². The van der Waals surface area contributed by atoms with E-state index in [2.05, 4.69) is 16.0 Å². The van der Waals surface area contributed by atoms with Crippen molar-refractivity contribution < 1.29 is 13.9 Å². The summed E-state index contributed by atoms with van der Waals surface area (Å²) >= 11 is 0. The highest BCUT2D eigenvalue weighted by molar-refractivity contribution is 5.93. The van der Waals surface area contributed by atoms with Crippen molar-refractivity contribution in [2.75, 3.05) is 26.2 Å². The van der Waals surface area contributed by atoms with Crippen molar-refractivity contribution in [3.05, 3.63) is 51.6 Å². The number of rotatable bonds is 4. The van der Waals surface area contributed by atoms with Crippen LogP contribution in [0.1, 0.15) is 53.2 Å². The van der Waals surface area contributed by atoms with Gasteiger partial charge in [0, 0.05) is 62.4 Å². The van der Waals surface area contributed by atoms with Gasteiger partial charge >= 0.3 is 0 Å². The summed E-state index contributed by atoms with van der Waals surface area (Å²) < 4.78 is 13.0. The molecule has 1 amide bonds. The fraction of sp³-hybridized carbons (Fsp3) is 0.609. The highest BCUT2D eigenvalue weighted by Gasteiger charge is 2.40. The van der Waals surface area contributed by atoms with Crippen molar-refractivity contribution in [2.45, 2.75) is 57.3 Å². The van der Waals surface area contributed by atoms with Gasteiger partial charge in [-0.2, -0.15) is 0 Å². The van der Waals surface area contributed by atoms with E-state index in [1.807, 2.05) is 22.5 Å². The molecule has 4 bridgehead atoms. The molecule has 31 heavy (non-hydrogen) atoms. The normalized spacial score (nSPS) is 29.4. The average molecular weight is 425 g/mol. The van der Waals surface area contributed by atoms with Gasteiger partial charge in [0.25, 0.3) is 11.5 Å². The lowest BCUT2D eigenvalue weighted by Gasteiger charge is -2.42. The molecule has 8 nitrogen and oxygen atoms in total. The minimum absolute atomic E-state index is 0.0565. The van der Waals surface area contributed by atoms with Crippen LogP contribution in [0.4, 0.5) is 0 Å². The second-order valence-corrected chi connectivity index (χ2v) is 9.46. The maximum atomic E-state index is 13.3. The SMILES string of the molecule is CCc1ocnc1C(=O)N1C[C@@H]2C[C@H](C1)c1ccc(CN3C[C@H]4C[C@@H]3CO4)c(=O)n1C2. The van der Waals surface area contributed by atoms with Crippen molar-refractivity contribution in [1.82, 2.24) is 19.4 Å². The highest BCUT2D eigenvalue weighted by atomic mass is 16.5. The van der Waals surface area contributed by atoms with Crippen LogP contribution in [-0.2, 0) is 24.2 Å². The molecule has 0 unspecified atom stereocenters. The van der Waals surface area contributed by atoms with Gasteiger partial charge in [0.15, 0.2) is 12.1 Å². The summed E-state index contributed by atoms with van der Waals surface area (Å²) in [6.45, 7) is 6.34. The summed E-state index contributed by atoms with van der Waals surface area (Å²) in [4.78, 5) is 34.9. The van der Waals surface area contributed by atoms with E-state index in [1.165, 1.54) is 6.39 Å². The average Bonchev–Trinajstić information content (AvgIpc) is 3.52. The summed E-state index contributed by atoms with van der Waals surface area (Å²) in [6, 6.07) is 4.58. The molecule has 6 rings (SSSR count). The Balaban J connectivity index is 1.23. The molecule has 0 saturated carbocycles. The second kappa shape index (κ2) is 7.31. The zero-order valence-corrected chi connectivity index (χ0v) is 17.8. The predicted octanol–water partition coefficient (Wildman–Crippen LogP) is 1.63. The monoisotopic (exact) mass is 424 g/mol. The molecular formula is C23H28N4O4. The van der Waals surface area contributed by atoms with E-state index < -0.39 is 0 Å². The number of fused-ring (bicyclic) bond motifs is 6. The van der Waals surface area contributed by atoms with Gasteiger partial charge < -0.3 is 18.6 Å². The lowest BCUT2D eigenvalue weighted by atomic mass is 9.82. The lowest BCUT2D eigenvalue weighted by molar-refractivity contribution is 0.0270. The molecule has 0 aliphatic carbocycles. The number of carbonyl (C=O) groups excluding carboxylic acids is 1. The molecule has 3 saturated heterocycles. The molecule has 2 aromatic heterocycles. The van der Waals surface area contributed by atoms with Crippen LogP contribution >= 0.6 is 0 Å². The van der Waals surface area contributed by atoms with Gasteiger partial charge in [-0.3, -0.25) is 14.5 Å². The maximum absolute atomic E-state index is 13.3. The minimum Gasteiger partial charge on any atom is -0.448 e. The molecule has 4 aliphatic rings. The van der Waals surface area contributed by atoms with Gasteiger partial charge in [0.05, 0.1) is 12.7 Å². The third-order valence-electron chi connectivity index (χ3n) is 7.52. The first-order chi connectivity index (χ1) is 15.1. The van der Waals surface area contributed by atoms with Gasteiger partial charge in [-0.25, -0.2) is 4.98 Å². The molecule has 164 valence electrons. The quantitative estimate of drug-likeness (QED) is 0.742. The fourth-order valence-corrected chi connectivity index (χ4v) is 6.01. The van der Waals surface area contributed by atoms with Crippen molar-refractivity contribution >= 4 is 5.91 Å². The summed E-state index contributed by atoms with van der Waals surface area (Å²) in [5, 5.41) is 0. The van der Waals surface area contributed by atoms with Crippen molar-refractivity contribution in [3.63, 3.8) is 0 Å². The highest BCUT2D eigenvalue weighted by Crippen LogP contribution is 2.36. The molecule has 0 N–H and O–H groups in total. The van der Waals surface area contributed by atoms with E-state index in [0.717, 1.165) is 37.3 Å². The summed E-state index contributed by atoms with van der Waals surface area (Å²) in [5.41, 5.74) is 2.50. The molecule has 6 heterocycles. The van der Waals surface area contributed by atoms with Gasteiger partial charge in [0.2, 0.25) is 0 Å². The second-order valence-electron chi connectivity index (χ2n) is 9.46. The first-order valence-electron chi connectivity index (χ1n) is 11.4. The molecule has 0 radical (unpaired) electrons. The van der Waals surface area contributed by atoms with Gasteiger partial charge in [-0.05, 0) is 24.8 Å². The number of carbonyl (C=O) groups is 1. The van der Waals surface area contributed by atoms with Crippen LogP contribution in [0.5, 0.6) is 0 Å². The van der Waals surface area contributed by atoms with E-state index in [0.29, 0.717) is 56.2 Å². The van der Waals surface area contributed by atoms with Crippen LogP contribution in [0, 0.1) is 5.92 Å². The Hall–Kier alpha value is -2.45. The minimum atomic E-state index is -0.0565. The number of oxazole rings is 1.